The summed E-state index contributed by atoms with van der Waals surface area (Å²) >= 11 is 1.75. The van der Waals surface area contributed by atoms with Crippen LogP contribution >= 0.6 is 22.6 Å². The molecule has 0 fully saturated rings. The summed E-state index contributed by atoms with van der Waals surface area (Å²) in [6, 6.07) is 0. The summed E-state index contributed by atoms with van der Waals surface area (Å²) in [5.41, 5.74) is -1.24. The first-order valence-electron chi connectivity index (χ1n) is 5.35. The normalized spacial score (nSPS) is 22.2. The van der Waals surface area contributed by atoms with Gasteiger partial charge in [0.25, 0.3) is 6.43 Å². The van der Waals surface area contributed by atoms with Gasteiger partial charge in [-0.25, -0.2) is 18.3 Å². The van der Waals surface area contributed by atoms with Crippen LogP contribution in [-0.4, -0.2) is 39.7 Å². The molecule has 2 rings (SSSR count). The summed E-state index contributed by atoms with van der Waals surface area (Å²) in [4.78, 5) is 10.5. The molecule has 0 amide bonds. The van der Waals surface area contributed by atoms with Crippen molar-refractivity contribution in [3.05, 3.63) is 9.26 Å². The number of aliphatic carboxylic acids is 1. The van der Waals surface area contributed by atoms with Crippen LogP contribution in [0.15, 0.2) is 0 Å². The number of nitrogens with zero attached hydrogens (tertiary/aromatic N) is 2. The van der Waals surface area contributed by atoms with Gasteiger partial charge in [0.15, 0.2) is 0 Å². The van der Waals surface area contributed by atoms with Crippen LogP contribution in [0.5, 0.6) is 5.88 Å². The lowest BCUT2D eigenvalue weighted by Crippen LogP contribution is -2.45. The second-order valence-electron chi connectivity index (χ2n) is 4.38. The predicted octanol–water partition coefficient (Wildman–Crippen LogP) is 1.68. The molecular formula is C10H11F2IN2O4. The Labute approximate surface area is 120 Å². The van der Waals surface area contributed by atoms with Crippen LogP contribution in [0.25, 0.3) is 0 Å². The standard InChI is InChI=1S/C10H11F2IN2O4/c1-10(19-2-5(16)17)3-15-9(18-4-10)6(13)7(14-15)8(11)12/h8H,2-4H2,1H3,(H,16,17). The molecular weight excluding hydrogens is 377 g/mol. The molecule has 0 saturated heterocycles. The number of carbonyl (C=O) groups is 1. The molecule has 1 N–H and O–H groups in total. The lowest BCUT2D eigenvalue weighted by molar-refractivity contribution is -0.154. The SMILES string of the molecule is CC1(OCC(=O)O)COc2c(I)c(C(F)F)nn2C1. The molecule has 0 spiro atoms. The number of rotatable bonds is 4. The molecule has 1 aliphatic rings. The molecule has 1 atom stereocenters. The number of halogens is 3. The first-order chi connectivity index (χ1) is 8.82. The Morgan fingerprint density at radius 2 is 2.42 bits per heavy atom. The van der Waals surface area contributed by atoms with E-state index in [1.165, 1.54) is 4.68 Å². The summed E-state index contributed by atoms with van der Waals surface area (Å²) < 4.78 is 37.6. The monoisotopic (exact) mass is 388 g/mol. The van der Waals surface area contributed by atoms with Gasteiger partial charge in [-0.3, -0.25) is 0 Å². The van der Waals surface area contributed by atoms with Gasteiger partial charge in [0.05, 0.1) is 6.54 Å². The van der Waals surface area contributed by atoms with Gasteiger partial charge in [0, 0.05) is 0 Å². The van der Waals surface area contributed by atoms with E-state index in [2.05, 4.69) is 5.10 Å². The Morgan fingerprint density at radius 3 is 3.00 bits per heavy atom. The Kier molecular flexibility index (Phi) is 3.95. The van der Waals surface area contributed by atoms with Crippen LogP contribution in [-0.2, 0) is 16.1 Å². The van der Waals surface area contributed by atoms with E-state index in [1.54, 1.807) is 29.5 Å². The number of aromatic nitrogens is 2. The molecule has 1 aromatic rings. The quantitative estimate of drug-likeness (QED) is 0.795. The maximum absolute atomic E-state index is 12.7. The third-order valence-electron chi connectivity index (χ3n) is 2.62. The predicted molar refractivity (Wildman–Crippen MR) is 67.4 cm³/mol. The maximum atomic E-state index is 12.7. The Hall–Kier alpha value is -0.970. The number of hydrogen-bond donors (Lipinski definition) is 1. The fourth-order valence-electron chi connectivity index (χ4n) is 1.73. The number of alkyl halides is 2. The van der Waals surface area contributed by atoms with Gasteiger partial charge in [-0.05, 0) is 29.5 Å². The van der Waals surface area contributed by atoms with Crippen molar-refractivity contribution in [1.82, 2.24) is 9.78 Å². The summed E-state index contributed by atoms with van der Waals surface area (Å²) in [7, 11) is 0. The van der Waals surface area contributed by atoms with Gasteiger partial charge in [-0.15, -0.1) is 0 Å². The Bertz CT molecular complexity index is 508. The number of hydrogen-bond acceptors (Lipinski definition) is 4. The molecule has 0 bridgehead atoms. The van der Waals surface area contributed by atoms with Gasteiger partial charge < -0.3 is 14.6 Å². The number of ether oxygens (including phenoxy) is 2. The molecule has 1 aliphatic heterocycles. The Morgan fingerprint density at radius 1 is 1.74 bits per heavy atom. The molecule has 0 aromatic carbocycles. The van der Waals surface area contributed by atoms with Crippen LogP contribution < -0.4 is 4.74 Å². The molecule has 6 nitrogen and oxygen atoms in total. The van der Waals surface area contributed by atoms with Gasteiger partial charge in [-0.2, -0.15) is 5.10 Å². The van der Waals surface area contributed by atoms with E-state index in [9.17, 15) is 13.6 Å². The lowest BCUT2D eigenvalue weighted by Gasteiger charge is -2.33. The van der Waals surface area contributed by atoms with Crippen molar-refractivity contribution in [2.75, 3.05) is 13.2 Å². The van der Waals surface area contributed by atoms with E-state index < -0.39 is 24.6 Å². The van der Waals surface area contributed by atoms with Gasteiger partial charge >= 0.3 is 5.97 Å². The second kappa shape index (κ2) is 5.19. The molecule has 0 aliphatic carbocycles. The minimum absolute atomic E-state index is 0.0879. The minimum Gasteiger partial charge on any atom is -0.480 e. The first-order valence-corrected chi connectivity index (χ1v) is 6.43. The summed E-state index contributed by atoms with van der Waals surface area (Å²) in [6.07, 6.45) is -2.68. The third kappa shape index (κ3) is 2.96. The first kappa shape index (κ1) is 14.4. The smallest absolute Gasteiger partial charge is 0.329 e. The molecule has 9 heteroatoms. The highest BCUT2D eigenvalue weighted by molar-refractivity contribution is 14.1. The number of carboxylic acid groups (broad SMARTS) is 1. The van der Waals surface area contributed by atoms with E-state index in [1.807, 2.05) is 0 Å². The largest absolute Gasteiger partial charge is 0.480 e. The van der Waals surface area contributed by atoms with Crippen molar-refractivity contribution in [3.8, 4) is 5.88 Å². The zero-order valence-corrected chi connectivity index (χ0v) is 12.1. The second-order valence-corrected chi connectivity index (χ2v) is 5.46. The molecule has 0 radical (unpaired) electrons. The fourth-order valence-corrected chi connectivity index (χ4v) is 2.51. The average molecular weight is 388 g/mol. The average Bonchev–Trinajstić information content (AvgIpc) is 2.64. The third-order valence-corrected chi connectivity index (χ3v) is 3.64. The lowest BCUT2D eigenvalue weighted by atomic mass is 10.1. The van der Waals surface area contributed by atoms with E-state index in [0.717, 1.165) is 0 Å². The van der Waals surface area contributed by atoms with Crippen molar-refractivity contribution >= 4 is 28.6 Å². The molecule has 0 saturated carbocycles. The molecule has 1 unspecified atom stereocenters. The van der Waals surface area contributed by atoms with Crippen LogP contribution in [0, 0.1) is 3.57 Å². The van der Waals surface area contributed by atoms with Crippen molar-refractivity contribution in [2.45, 2.75) is 25.5 Å². The summed E-state index contributed by atoms with van der Waals surface area (Å²) in [6.45, 7) is 1.42. The highest BCUT2D eigenvalue weighted by atomic mass is 127. The minimum atomic E-state index is -2.68. The van der Waals surface area contributed by atoms with Crippen molar-refractivity contribution in [1.29, 1.82) is 0 Å². The van der Waals surface area contributed by atoms with Crippen LogP contribution in [0.2, 0.25) is 0 Å². The van der Waals surface area contributed by atoms with Crippen LogP contribution in [0.3, 0.4) is 0 Å². The van der Waals surface area contributed by atoms with E-state index in [-0.39, 0.29) is 28.3 Å². The van der Waals surface area contributed by atoms with Gasteiger partial charge in [-0.1, -0.05) is 0 Å². The zero-order chi connectivity index (χ0) is 14.2. The Balaban J connectivity index is 2.19. The molecule has 2 heterocycles. The topological polar surface area (TPSA) is 73.6 Å². The molecule has 19 heavy (non-hydrogen) atoms. The molecule has 1 aromatic heterocycles. The van der Waals surface area contributed by atoms with E-state index in [4.69, 9.17) is 14.6 Å². The number of fused-ring (bicyclic) bond motifs is 1. The van der Waals surface area contributed by atoms with E-state index >= 15 is 0 Å². The van der Waals surface area contributed by atoms with E-state index in [0.29, 0.717) is 0 Å². The van der Waals surface area contributed by atoms with Gasteiger partial charge in [0.1, 0.15) is 28.1 Å². The van der Waals surface area contributed by atoms with Gasteiger partial charge in [0.2, 0.25) is 5.88 Å². The highest BCUT2D eigenvalue weighted by Crippen LogP contribution is 2.35. The zero-order valence-electron chi connectivity index (χ0n) is 9.90. The van der Waals surface area contributed by atoms with Crippen molar-refractivity contribution in [3.63, 3.8) is 0 Å². The number of carboxylic acids is 1. The maximum Gasteiger partial charge on any atom is 0.329 e. The van der Waals surface area contributed by atoms with Crippen molar-refractivity contribution < 1.29 is 28.2 Å². The van der Waals surface area contributed by atoms with Crippen molar-refractivity contribution in [2.24, 2.45) is 0 Å². The van der Waals surface area contributed by atoms with Crippen LogP contribution in [0.1, 0.15) is 19.0 Å². The highest BCUT2D eigenvalue weighted by Gasteiger charge is 2.37. The molecule has 106 valence electrons. The fraction of sp³-hybridized carbons (Fsp3) is 0.600. The van der Waals surface area contributed by atoms with Crippen LogP contribution in [0.4, 0.5) is 8.78 Å². The summed E-state index contributed by atoms with van der Waals surface area (Å²) in [5, 5.41) is 12.4. The summed E-state index contributed by atoms with van der Waals surface area (Å²) in [5.74, 6) is -0.831.